The highest BCUT2D eigenvalue weighted by Gasteiger charge is 2.09. The fraction of sp³-hybridized carbons (Fsp3) is 0.200. The van der Waals surface area contributed by atoms with Gasteiger partial charge in [0, 0.05) is 16.4 Å². The zero-order valence-corrected chi connectivity index (χ0v) is 13.6. The van der Waals surface area contributed by atoms with Gasteiger partial charge in [0.1, 0.15) is 11.3 Å². The quantitative estimate of drug-likeness (QED) is 0.589. The lowest BCUT2D eigenvalue weighted by molar-refractivity contribution is 0.0692. The molecule has 21 heavy (non-hydrogen) atoms. The Morgan fingerprint density at radius 1 is 1.29 bits per heavy atom. The van der Waals surface area contributed by atoms with E-state index in [0.29, 0.717) is 12.4 Å². The number of nitrogens with zero attached hydrogens (tertiary/aromatic N) is 1. The van der Waals surface area contributed by atoms with Crippen LogP contribution in [0.15, 0.2) is 52.1 Å². The van der Waals surface area contributed by atoms with Gasteiger partial charge in [-0.15, -0.1) is 11.8 Å². The van der Waals surface area contributed by atoms with Crippen molar-refractivity contribution in [2.75, 3.05) is 12.4 Å². The van der Waals surface area contributed by atoms with E-state index in [9.17, 15) is 4.79 Å². The third-order valence-corrected chi connectivity index (χ3v) is 4.11. The van der Waals surface area contributed by atoms with E-state index in [1.54, 1.807) is 36.2 Å². The Kier molecular flexibility index (Phi) is 6.07. The molecule has 0 fully saturated rings. The number of carbonyl (C=O) groups is 1. The summed E-state index contributed by atoms with van der Waals surface area (Å²) in [7, 11) is 0. The third kappa shape index (κ3) is 5.06. The minimum Gasteiger partial charge on any atom is -0.493 e. The maximum Gasteiger partial charge on any atom is 0.339 e. The van der Waals surface area contributed by atoms with Gasteiger partial charge in [0.15, 0.2) is 0 Å². The zero-order chi connectivity index (χ0) is 15.1. The molecule has 4 nitrogen and oxygen atoms in total. The average Bonchev–Trinajstić information content (AvgIpc) is 2.49. The Bertz CT molecular complexity index is 604. The molecule has 0 saturated carbocycles. The molecular formula is C15H14BrNO3S. The Morgan fingerprint density at radius 3 is 2.81 bits per heavy atom. The molecule has 1 aromatic heterocycles. The summed E-state index contributed by atoms with van der Waals surface area (Å²) < 4.78 is 6.49. The Labute approximate surface area is 135 Å². The second-order valence-electron chi connectivity index (χ2n) is 4.17. The topological polar surface area (TPSA) is 59.4 Å². The standard InChI is InChI=1S/C15H14BrNO3S/c16-11-6-7-14(17-10-11)21-9-3-8-20-13-5-2-1-4-12(13)15(18)19/h1-2,4-7,10H,3,8-9H2,(H,18,19). The summed E-state index contributed by atoms with van der Waals surface area (Å²) in [6, 6.07) is 10.6. The minimum absolute atomic E-state index is 0.194. The molecule has 0 spiro atoms. The van der Waals surface area contributed by atoms with E-state index in [-0.39, 0.29) is 5.56 Å². The van der Waals surface area contributed by atoms with Crippen molar-refractivity contribution in [3.05, 3.63) is 52.6 Å². The highest BCUT2D eigenvalue weighted by Crippen LogP contribution is 2.20. The van der Waals surface area contributed by atoms with Gasteiger partial charge in [-0.25, -0.2) is 9.78 Å². The largest absolute Gasteiger partial charge is 0.493 e. The molecule has 110 valence electrons. The first-order chi connectivity index (χ1) is 10.2. The maximum atomic E-state index is 11.0. The van der Waals surface area contributed by atoms with Crippen molar-refractivity contribution < 1.29 is 14.6 Å². The van der Waals surface area contributed by atoms with Crippen molar-refractivity contribution in [2.24, 2.45) is 0 Å². The van der Waals surface area contributed by atoms with Crippen LogP contribution in [0.3, 0.4) is 0 Å². The first kappa shape index (κ1) is 15.9. The van der Waals surface area contributed by atoms with E-state index < -0.39 is 5.97 Å². The highest BCUT2D eigenvalue weighted by molar-refractivity contribution is 9.10. The normalized spacial score (nSPS) is 10.3. The number of carboxylic acid groups (broad SMARTS) is 1. The van der Waals surface area contributed by atoms with Gasteiger partial charge in [-0.05, 0) is 46.6 Å². The second-order valence-corrected chi connectivity index (χ2v) is 6.20. The molecule has 1 aromatic carbocycles. The van der Waals surface area contributed by atoms with Crippen LogP contribution < -0.4 is 4.74 Å². The fourth-order valence-corrected chi connectivity index (χ4v) is 2.63. The number of para-hydroxylation sites is 1. The average molecular weight is 368 g/mol. The van der Waals surface area contributed by atoms with Crippen molar-refractivity contribution in [3.63, 3.8) is 0 Å². The summed E-state index contributed by atoms with van der Waals surface area (Å²) in [6.07, 6.45) is 2.58. The monoisotopic (exact) mass is 367 g/mol. The number of hydrogen-bond acceptors (Lipinski definition) is 4. The zero-order valence-electron chi connectivity index (χ0n) is 11.2. The van der Waals surface area contributed by atoms with Crippen LogP contribution >= 0.6 is 27.7 Å². The number of pyridine rings is 1. The van der Waals surface area contributed by atoms with Crippen LogP contribution in [0.1, 0.15) is 16.8 Å². The molecule has 0 aliphatic carbocycles. The van der Waals surface area contributed by atoms with Crippen LogP contribution in [-0.2, 0) is 0 Å². The minimum atomic E-state index is -0.973. The Morgan fingerprint density at radius 2 is 2.10 bits per heavy atom. The summed E-state index contributed by atoms with van der Waals surface area (Å²) >= 11 is 4.99. The van der Waals surface area contributed by atoms with Crippen molar-refractivity contribution in [3.8, 4) is 5.75 Å². The molecule has 2 aromatic rings. The lowest BCUT2D eigenvalue weighted by Gasteiger charge is -2.08. The number of hydrogen-bond donors (Lipinski definition) is 1. The van der Waals surface area contributed by atoms with Crippen molar-refractivity contribution in [1.29, 1.82) is 0 Å². The molecule has 0 atom stereocenters. The van der Waals surface area contributed by atoms with E-state index in [0.717, 1.165) is 21.7 Å². The lowest BCUT2D eigenvalue weighted by Crippen LogP contribution is -2.04. The van der Waals surface area contributed by atoms with Crippen LogP contribution in [-0.4, -0.2) is 28.4 Å². The molecule has 0 aliphatic rings. The predicted octanol–water partition coefficient (Wildman–Crippen LogP) is 4.10. The number of thioether (sulfide) groups is 1. The van der Waals surface area contributed by atoms with E-state index in [2.05, 4.69) is 20.9 Å². The highest BCUT2D eigenvalue weighted by atomic mass is 79.9. The number of halogens is 1. The van der Waals surface area contributed by atoms with Crippen LogP contribution in [0, 0.1) is 0 Å². The van der Waals surface area contributed by atoms with Gasteiger partial charge in [-0.1, -0.05) is 12.1 Å². The van der Waals surface area contributed by atoms with Crippen molar-refractivity contribution in [1.82, 2.24) is 4.98 Å². The molecule has 0 unspecified atom stereocenters. The lowest BCUT2D eigenvalue weighted by atomic mass is 10.2. The number of carboxylic acids is 1. The molecule has 6 heteroatoms. The van der Waals surface area contributed by atoms with Crippen molar-refractivity contribution >= 4 is 33.7 Å². The van der Waals surface area contributed by atoms with Gasteiger partial charge in [-0.2, -0.15) is 0 Å². The van der Waals surface area contributed by atoms with E-state index >= 15 is 0 Å². The second kappa shape index (κ2) is 8.05. The molecule has 0 aliphatic heterocycles. The predicted molar refractivity (Wildman–Crippen MR) is 86.2 cm³/mol. The molecule has 1 N–H and O–H groups in total. The summed E-state index contributed by atoms with van der Waals surface area (Å²) in [5.41, 5.74) is 0.194. The summed E-state index contributed by atoms with van der Waals surface area (Å²) in [5.74, 6) is 0.306. The van der Waals surface area contributed by atoms with Gasteiger partial charge in [0.25, 0.3) is 0 Å². The fourth-order valence-electron chi connectivity index (χ4n) is 1.63. The number of rotatable bonds is 7. The summed E-state index contributed by atoms with van der Waals surface area (Å²) in [4.78, 5) is 15.3. The van der Waals surface area contributed by atoms with Crippen LogP contribution in [0.2, 0.25) is 0 Å². The van der Waals surface area contributed by atoms with E-state index in [1.807, 2.05) is 12.1 Å². The summed E-state index contributed by atoms with van der Waals surface area (Å²) in [6.45, 7) is 0.480. The van der Waals surface area contributed by atoms with Gasteiger partial charge < -0.3 is 9.84 Å². The Hall–Kier alpha value is -1.53. The molecule has 0 bridgehead atoms. The number of aromatic nitrogens is 1. The van der Waals surface area contributed by atoms with E-state index in [1.165, 1.54) is 6.07 Å². The third-order valence-electron chi connectivity index (χ3n) is 2.61. The number of ether oxygens (including phenoxy) is 1. The van der Waals surface area contributed by atoms with Crippen LogP contribution in [0.5, 0.6) is 5.75 Å². The van der Waals surface area contributed by atoms with Crippen molar-refractivity contribution in [2.45, 2.75) is 11.4 Å². The van der Waals surface area contributed by atoms with E-state index in [4.69, 9.17) is 9.84 Å². The molecule has 0 radical (unpaired) electrons. The van der Waals surface area contributed by atoms with Crippen LogP contribution in [0.4, 0.5) is 0 Å². The first-order valence-corrected chi connectivity index (χ1v) is 8.14. The molecule has 0 saturated heterocycles. The number of aromatic carboxylic acids is 1. The molecule has 0 amide bonds. The van der Waals surface area contributed by atoms with Gasteiger partial charge in [-0.3, -0.25) is 0 Å². The molecule has 2 rings (SSSR count). The van der Waals surface area contributed by atoms with Crippen LogP contribution in [0.25, 0.3) is 0 Å². The summed E-state index contributed by atoms with van der Waals surface area (Å²) in [5, 5.41) is 10.0. The molecular weight excluding hydrogens is 354 g/mol. The van der Waals surface area contributed by atoms with Gasteiger partial charge >= 0.3 is 5.97 Å². The maximum absolute atomic E-state index is 11.0. The Balaban J connectivity index is 1.75. The van der Waals surface area contributed by atoms with Gasteiger partial charge in [0.2, 0.25) is 0 Å². The van der Waals surface area contributed by atoms with Gasteiger partial charge in [0.05, 0.1) is 11.6 Å². The smallest absolute Gasteiger partial charge is 0.339 e. The SMILES string of the molecule is O=C(O)c1ccccc1OCCCSc1ccc(Br)cn1. The first-order valence-electron chi connectivity index (χ1n) is 6.36. The molecule has 1 heterocycles. The number of benzene rings is 1.